The van der Waals surface area contributed by atoms with Crippen LogP contribution in [-0.4, -0.2) is 70.9 Å². The van der Waals surface area contributed by atoms with Crippen LogP contribution in [0.4, 0.5) is 0 Å². The van der Waals surface area contributed by atoms with E-state index in [-0.39, 0.29) is 24.5 Å². The third-order valence-electron chi connectivity index (χ3n) is 5.36. The number of hydrogen-bond acceptors (Lipinski definition) is 7. The summed E-state index contributed by atoms with van der Waals surface area (Å²) < 4.78 is 11.4. The average Bonchev–Trinajstić information content (AvgIpc) is 3.19. The molecule has 148 valence electrons. The van der Waals surface area contributed by atoms with Crippen LogP contribution in [0.5, 0.6) is 0 Å². The van der Waals surface area contributed by atoms with Crippen LogP contribution in [0.3, 0.4) is 0 Å². The highest BCUT2D eigenvalue weighted by Gasteiger charge is 2.31. The summed E-state index contributed by atoms with van der Waals surface area (Å²) >= 11 is 0. The molecule has 4 rings (SSSR count). The number of carbonyl (C=O) groups excluding carboxylic acids is 1. The van der Waals surface area contributed by atoms with Crippen molar-refractivity contribution in [3.05, 3.63) is 42.0 Å². The van der Waals surface area contributed by atoms with E-state index in [1.807, 2.05) is 18.2 Å². The Labute approximate surface area is 163 Å². The number of rotatable bonds is 7. The van der Waals surface area contributed by atoms with Crippen LogP contribution in [-0.2, 0) is 14.3 Å². The maximum Gasteiger partial charge on any atom is 0.284 e. The summed E-state index contributed by atoms with van der Waals surface area (Å²) in [5.41, 5.74) is 8.08. The van der Waals surface area contributed by atoms with Crippen molar-refractivity contribution < 1.29 is 19.4 Å². The van der Waals surface area contributed by atoms with Crippen LogP contribution >= 0.6 is 0 Å². The molecule has 0 bridgehead atoms. The van der Waals surface area contributed by atoms with Crippen LogP contribution in [0.2, 0.25) is 0 Å². The number of aliphatic hydroxyl groups is 1. The molecule has 0 radical (unpaired) electrons. The molecule has 28 heavy (non-hydrogen) atoms. The first kappa shape index (κ1) is 18.8. The van der Waals surface area contributed by atoms with E-state index < -0.39 is 5.91 Å². The first-order valence-electron chi connectivity index (χ1n) is 9.48. The van der Waals surface area contributed by atoms with Gasteiger partial charge in [0.05, 0.1) is 25.3 Å². The summed E-state index contributed by atoms with van der Waals surface area (Å²) in [5.74, 6) is -0.442. The number of primary amides is 1. The summed E-state index contributed by atoms with van der Waals surface area (Å²) in [5, 5.41) is 10.4. The second-order valence-corrected chi connectivity index (χ2v) is 7.17. The molecular weight excluding hydrogens is 360 g/mol. The molecule has 2 atom stereocenters. The van der Waals surface area contributed by atoms with Crippen molar-refractivity contribution in [2.24, 2.45) is 5.73 Å². The lowest BCUT2D eigenvalue weighted by molar-refractivity contribution is -0.118. The summed E-state index contributed by atoms with van der Waals surface area (Å²) in [4.78, 5) is 22.8. The fourth-order valence-electron chi connectivity index (χ4n) is 3.63. The van der Waals surface area contributed by atoms with Gasteiger partial charge in [0.1, 0.15) is 12.4 Å². The van der Waals surface area contributed by atoms with E-state index in [1.54, 1.807) is 6.20 Å². The number of nitrogens with two attached hydrogens (primary N) is 1. The van der Waals surface area contributed by atoms with E-state index in [1.165, 1.54) is 6.33 Å². The number of carbonyl (C=O) groups is 1. The molecule has 2 aliphatic rings. The van der Waals surface area contributed by atoms with Gasteiger partial charge >= 0.3 is 0 Å². The summed E-state index contributed by atoms with van der Waals surface area (Å²) in [6.07, 6.45) is 4.70. The van der Waals surface area contributed by atoms with E-state index in [2.05, 4.69) is 14.9 Å². The van der Waals surface area contributed by atoms with E-state index in [9.17, 15) is 9.90 Å². The molecule has 0 aliphatic carbocycles. The van der Waals surface area contributed by atoms with E-state index >= 15 is 0 Å². The normalized spacial score (nSPS) is 23.3. The molecule has 2 fully saturated rings. The van der Waals surface area contributed by atoms with Crippen molar-refractivity contribution >= 4 is 22.4 Å². The minimum Gasteiger partial charge on any atom is -0.482 e. The van der Waals surface area contributed by atoms with Crippen molar-refractivity contribution in [1.82, 2.24) is 14.9 Å². The molecule has 3 N–H and O–H groups in total. The lowest BCUT2D eigenvalue weighted by atomic mass is 9.97. The van der Waals surface area contributed by atoms with Crippen molar-refractivity contribution in [1.29, 1.82) is 0 Å². The molecule has 2 saturated heterocycles. The molecule has 8 heteroatoms. The minimum absolute atomic E-state index is 0.0854. The molecule has 0 spiro atoms. The van der Waals surface area contributed by atoms with Crippen LogP contribution < -0.4 is 5.73 Å². The van der Waals surface area contributed by atoms with Gasteiger partial charge < -0.3 is 20.3 Å². The average molecular weight is 384 g/mol. The molecule has 3 heterocycles. The number of likely N-dealkylation sites (tertiary alicyclic amines) is 1. The van der Waals surface area contributed by atoms with Crippen LogP contribution in [0.1, 0.15) is 18.4 Å². The van der Waals surface area contributed by atoms with Gasteiger partial charge in [0.2, 0.25) is 0 Å². The zero-order valence-corrected chi connectivity index (χ0v) is 15.6. The van der Waals surface area contributed by atoms with Crippen molar-refractivity contribution in [2.75, 3.05) is 32.9 Å². The quantitative estimate of drug-likeness (QED) is 0.534. The number of hydrogen-bond donors (Lipinski definition) is 2. The molecule has 2 unspecified atom stereocenters. The lowest BCUT2D eigenvalue weighted by Gasteiger charge is -2.40. The van der Waals surface area contributed by atoms with Gasteiger partial charge in [-0.3, -0.25) is 9.69 Å². The molecule has 0 saturated carbocycles. The van der Waals surface area contributed by atoms with Gasteiger partial charge in [-0.15, -0.1) is 0 Å². The first-order chi connectivity index (χ1) is 13.7. The van der Waals surface area contributed by atoms with E-state index in [0.29, 0.717) is 25.3 Å². The van der Waals surface area contributed by atoms with Gasteiger partial charge in [-0.1, -0.05) is 6.07 Å². The van der Waals surface area contributed by atoms with Gasteiger partial charge in [-0.2, -0.15) is 0 Å². The van der Waals surface area contributed by atoms with Gasteiger partial charge in [-0.05, 0) is 24.1 Å². The molecule has 2 aliphatic heterocycles. The molecule has 1 aromatic heterocycles. The topological polar surface area (TPSA) is 111 Å². The summed E-state index contributed by atoms with van der Waals surface area (Å²) in [6, 6.07) is 5.83. The summed E-state index contributed by atoms with van der Waals surface area (Å²) in [7, 11) is 0. The van der Waals surface area contributed by atoms with Crippen LogP contribution in [0.25, 0.3) is 16.5 Å². The van der Waals surface area contributed by atoms with Gasteiger partial charge in [0.25, 0.3) is 5.91 Å². The van der Waals surface area contributed by atoms with Crippen LogP contribution in [0.15, 0.2) is 36.5 Å². The third-order valence-corrected chi connectivity index (χ3v) is 5.36. The highest BCUT2D eigenvalue weighted by atomic mass is 16.5. The Morgan fingerprint density at radius 3 is 2.96 bits per heavy atom. The van der Waals surface area contributed by atoms with Gasteiger partial charge in [-0.25, -0.2) is 9.97 Å². The Morgan fingerprint density at radius 2 is 2.29 bits per heavy atom. The highest BCUT2D eigenvalue weighted by Crippen LogP contribution is 2.29. The minimum atomic E-state index is -0.604. The fraction of sp³-hybridized carbons (Fsp3) is 0.450. The standard InChI is InChI=1S/C20H24N4O4/c21-20(26)19(28-16-4-6-27-11-16)17(9-24-5-3-15(24)10-25)13-1-2-18-14(7-13)8-22-12-23-18/h1-2,7-8,12,15-16,25H,3-6,9-11H2,(H2,21,26)/b19-17+. The van der Waals surface area contributed by atoms with Gasteiger partial charge in [0.15, 0.2) is 5.76 Å². The largest absolute Gasteiger partial charge is 0.482 e. The number of ether oxygens (including phenoxy) is 2. The Balaban J connectivity index is 1.75. The molecule has 1 aromatic carbocycles. The Hall–Kier alpha value is -2.55. The molecular formula is C20H24N4O4. The molecule has 8 nitrogen and oxygen atoms in total. The number of aliphatic hydroxyl groups excluding tert-OH is 1. The lowest BCUT2D eigenvalue weighted by Crippen LogP contribution is -2.50. The SMILES string of the molecule is NC(=O)/C(OC1CCOC1)=C(/CN1CCC1CO)c1ccc2ncncc2c1. The van der Waals surface area contributed by atoms with Gasteiger partial charge in [0, 0.05) is 42.7 Å². The Bertz CT molecular complexity index is 893. The second kappa shape index (κ2) is 8.22. The summed E-state index contributed by atoms with van der Waals surface area (Å²) in [6.45, 7) is 2.46. The van der Waals surface area contributed by atoms with E-state index in [0.717, 1.165) is 35.9 Å². The monoisotopic (exact) mass is 384 g/mol. The van der Waals surface area contributed by atoms with E-state index in [4.69, 9.17) is 15.2 Å². The highest BCUT2D eigenvalue weighted by molar-refractivity contribution is 5.99. The first-order valence-corrected chi connectivity index (χ1v) is 9.48. The second-order valence-electron chi connectivity index (χ2n) is 7.17. The zero-order valence-electron chi connectivity index (χ0n) is 15.6. The predicted molar refractivity (Wildman–Crippen MR) is 103 cm³/mol. The number of nitrogens with zero attached hydrogens (tertiary/aromatic N) is 3. The third kappa shape index (κ3) is 3.84. The fourth-order valence-corrected chi connectivity index (χ4v) is 3.63. The maximum absolute atomic E-state index is 12.3. The molecule has 1 amide bonds. The number of benzene rings is 1. The van der Waals surface area contributed by atoms with Crippen molar-refractivity contribution in [3.8, 4) is 0 Å². The van der Waals surface area contributed by atoms with Crippen LogP contribution in [0, 0.1) is 0 Å². The Morgan fingerprint density at radius 1 is 1.39 bits per heavy atom. The Kier molecular flexibility index (Phi) is 5.52. The zero-order chi connectivity index (χ0) is 19.5. The van der Waals surface area contributed by atoms with Crippen molar-refractivity contribution in [2.45, 2.75) is 25.0 Å². The predicted octanol–water partition coefficient (Wildman–Crippen LogP) is 0.698. The number of fused-ring (bicyclic) bond motifs is 1. The smallest absolute Gasteiger partial charge is 0.284 e. The maximum atomic E-state index is 12.3. The molecule has 2 aromatic rings. The number of aromatic nitrogens is 2. The number of amides is 1. The van der Waals surface area contributed by atoms with Crippen molar-refractivity contribution in [3.63, 3.8) is 0 Å².